The Bertz CT molecular complexity index is 727. The first-order chi connectivity index (χ1) is 12.8. The molecule has 0 aliphatic carbocycles. The Morgan fingerprint density at radius 2 is 1.89 bits per heavy atom. The average molecular weight is 418 g/mol. The van der Waals surface area contributed by atoms with Crippen molar-refractivity contribution < 1.29 is 31.9 Å². The van der Waals surface area contributed by atoms with E-state index in [1.165, 1.54) is 4.90 Å². The molecular weight excluding hydrogens is 386 g/mol. The lowest BCUT2D eigenvalue weighted by Gasteiger charge is -2.15. The summed E-state index contributed by atoms with van der Waals surface area (Å²) in [6.45, 7) is 4.79. The van der Waals surface area contributed by atoms with Crippen LogP contribution in [0.4, 0.5) is 0 Å². The largest absolute Gasteiger partial charge is 0.748 e. The summed E-state index contributed by atoms with van der Waals surface area (Å²) in [5, 5.41) is 0. The number of nitrogens with zero attached hydrogens (tertiary/aromatic N) is 2. The van der Waals surface area contributed by atoms with Gasteiger partial charge in [0, 0.05) is 32.8 Å². The highest BCUT2D eigenvalue weighted by molar-refractivity contribution is 7.84. The van der Waals surface area contributed by atoms with E-state index in [0.717, 1.165) is 6.42 Å². The van der Waals surface area contributed by atoms with E-state index in [1.54, 1.807) is 43.2 Å². The summed E-state index contributed by atoms with van der Waals surface area (Å²) in [4.78, 5) is 25.3. The fourth-order valence-corrected chi connectivity index (χ4v) is 2.36. The number of ether oxygens (including phenoxy) is 1. The fourth-order valence-electron chi connectivity index (χ4n) is 2.36. The van der Waals surface area contributed by atoms with Gasteiger partial charge in [-0.3, -0.25) is 9.59 Å². The van der Waals surface area contributed by atoms with E-state index >= 15 is 0 Å². The standard InChI is InChI=1S/C17H28N3O3.CH4O3S/c1-13(2)8-14(10-18)9-16(21)23-12-20-7-5-6-15(11-20)17(22)19(3)4;1-5(2,3)4/h5-7,11,13-14H,8-10,12,18H2,1-4H3;1H3,(H,2,3,4)/q+1;/p-1. The second kappa shape index (κ2) is 12.4. The monoisotopic (exact) mass is 417 g/mol. The number of amides is 1. The van der Waals surface area contributed by atoms with Crippen LogP contribution in [0.1, 0.15) is 37.0 Å². The van der Waals surface area contributed by atoms with Crippen molar-refractivity contribution in [1.82, 2.24) is 4.90 Å². The minimum Gasteiger partial charge on any atom is -0.748 e. The highest BCUT2D eigenvalue weighted by atomic mass is 32.2. The van der Waals surface area contributed by atoms with Crippen molar-refractivity contribution in [1.29, 1.82) is 0 Å². The maximum atomic E-state index is 11.9. The summed E-state index contributed by atoms with van der Waals surface area (Å²) in [6, 6.07) is 3.49. The lowest BCUT2D eigenvalue weighted by atomic mass is 9.94. The number of rotatable bonds is 8. The van der Waals surface area contributed by atoms with Crippen molar-refractivity contribution in [2.75, 3.05) is 26.9 Å². The Kier molecular flexibility index (Phi) is 11.5. The average Bonchev–Trinajstić information content (AvgIpc) is 2.57. The Hall–Kier alpha value is -2.04. The molecule has 1 heterocycles. The molecule has 0 aliphatic heterocycles. The molecule has 160 valence electrons. The molecule has 10 heteroatoms. The van der Waals surface area contributed by atoms with E-state index in [4.69, 9.17) is 23.4 Å². The summed E-state index contributed by atoms with van der Waals surface area (Å²) in [6.07, 6.45) is 5.27. The number of carbonyl (C=O) groups is 2. The molecule has 0 aromatic carbocycles. The first-order valence-electron chi connectivity index (χ1n) is 8.80. The SMILES string of the molecule is CC(C)CC(CN)CC(=O)OC[n+]1cccc(C(=O)N(C)C)c1.CS(=O)(=O)[O-]. The molecule has 28 heavy (non-hydrogen) atoms. The van der Waals surface area contributed by atoms with E-state index in [0.29, 0.717) is 30.7 Å². The number of pyridine rings is 1. The topological polar surface area (TPSA) is 134 Å². The van der Waals surface area contributed by atoms with Gasteiger partial charge in [0.2, 0.25) is 0 Å². The van der Waals surface area contributed by atoms with E-state index in [-0.39, 0.29) is 24.5 Å². The molecule has 0 spiro atoms. The van der Waals surface area contributed by atoms with Crippen LogP contribution in [-0.4, -0.2) is 56.6 Å². The molecule has 0 saturated carbocycles. The van der Waals surface area contributed by atoms with Gasteiger partial charge in [0.1, 0.15) is 5.56 Å². The van der Waals surface area contributed by atoms with Crippen LogP contribution in [0.15, 0.2) is 24.5 Å². The first-order valence-corrected chi connectivity index (χ1v) is 10.6. The zero-order valence-electron chi connectivity index (χ0n) is 17.1. The molecule has 1 amide bonds. The van der Waals surface area contributed by atoms with Gasteiger partial charge in [-0.25, -0.2) is 8.42 Å². The number of nitrogens with two attached hydrogens (primary N) is 1. The normalized spacial score (nSPS) is 12.0. The quantitative estimate of drug-likeness (QED) is 0.366. The summed E-state index contributed by atoms with van der Waals surface area (Å²) in [5.74, 6) is 0.289. The van der Waals surface area contributed by atoms with Gasteiger partial charge < -0.3 is 19.9 Å². The third-order valence-corrected chi connectivity index (χ3v) is 3.48. The molecule has 0 bridgehead atoms. The highest BCUT2D eigenvalue weighted by Crippen LogP contribution is 2.14. The van der Waals surface area contributed by atoms with Crippen LogP contribution in [-0.2, 0) is 26.4 Å². The number of hydrogen-bond acceptors (Lipinski definition) is 7. The van der Waals surface area contributed by atoms with Crippen LogP contribution in [0, 0.1) is 11.8 Å². The van der Waals surface area contributed by atoms with Crippen LogP contribution in [0.2, 0.25) is 0 Å². The van der Waals surface area contributed by atoms with Crippen molar-refractivity contribution in [2.45, 2.75) is 33.4 Å². The minimum absolute atomic E-state index is 0.0896. The molecule has 1 aromatic rings. The molecule has 0 saturated heterocycles. The molecule has 1 unspecified atom stereocenters. The third kappa shape index (κ3) is 13.2. The molecule has 0 radical (unpaired) electrons. The van der Waals surface area contributed by atoms with Gasteiger partial charge in [-0.1, -0.05) is 13.8 Å². The molecular formula is C18H31N3O6S. The van der Waals surface area contributed by atoms with E-state index in [1.807, 2.05) is 0 Å². The van der Waals surface area contributed by atoms with Crippen molar-refractivity contribution in [2.24, 2.45) is 17.6 Å². The molecule has 0 aliphatic rings. The van der Waals surface area contributed by atoms with Gasteiger partial charge in [0.15, 0.2) is 12.4 Å². The molecule has 0 fully saturated rings. The maximum Gasteiger partial charge on any atom is 0.310 e. The smallest absolute Gasteiger partial charge is 0.310 e. The van der Waals surface area contributed by atoms with Gasteiger partial charge in [-0.15, -0.1) is 0 Å². The van der Waals surface area contributed by atoms with Crippen molar-refractivity contribution >= 4 is 22.0 Å². The van der Waals surface area contributed by atoms with Crippen LogP contribution < -0.4 is 10.3 Å². The highest BCUT2D eigenvalue weighted by Gasteiger charge is 2.17. The van der Waals surface area contributed by atoms with Crippen molar-refractivity contribution in [3.8, 4) is 0 Å². The van der Waals surface area contributed by atoms with E-state index in [9.17, 15) is 9.59 Å². The second-order valence-corrected chi connectivity index (χ2v) is 8.50. The molecule has 9 nitrogen and oxygen atoms in total. The lowest BCUT2D eigenvalue weighted by Crippen LogP contribution is -2.37. The number of hydrogen-bond donors (Lipinski definition) is 1. The van der Waals surface area contributed by atoms with Gasteiger partial charge in [-0.05, 0) is 30.9 Å². The summed E-state index contributed by atoms with van der Waals surface area (Å²) in [7, 11) is -0.525. The van der Waals surface area contributed by atoms with Crippen molar-refractivity contribution in [3.63, 3.8) is 0 Å². The summed E-state index contributed by atoms with van der Waals surface area (Å²) < 4.78 is 34.2. The number of aromatic nitrogens is 1. The Balaban J connectivity index is 0.00000129. The molecule has 1 rings (SSSR count). The molecule has 2 N–H and O–H groups in total. The van der Waals surface area contributed by atoms with Crippen LogP contribution >= 0.6 is 0 Å². The Morgan fingerprint density at radius 3 is 2.36 bits per heavy atom. The lowest BCUT2D eigenvalue weighted by molar-refractivity contribution is -0.727. The van der Waals surface area contributed by atoms with Crippen LogP contribution in [0.5, 0.6) is 0 Å². The summed E-state index contributed by atoms with van der Waals surface area (Å²) in [5.41, 5.74) is 6.25. The fraction of sp³-hybridized carbons (Fsp3) is 0.611. The van der Waals surface area contributed by atoms with Crippen molar-refractivity contribution in [3.05, 3.63) is 30.1 Å². The first kappa shape index (κ1) is 26.0. The summed E-state index contributed by atoms with van der Waals surface area (Å²) >= 11 is 0. The molecule has 1 atom stereocenters. The predicted octanol–water partition coefficient (Wildman–Crippen LogP) is 0.349. The number of esters is 1. The van der Waals surface area contributed by atoms with E-state index < -0.39 is 10.1 Å². The van der Waals surface area contributed by atoms with Gasteiger partial charge in [-0.2, -0.15) is 4.57 Å². The zero-order chi connectivity index (χ0) is 21.9. The zero-order valence-corrected chi connectivity index (χ0v) is 17.9. The number of carbonyl (C=O) groups excluding carboxylic acids is 2. The predicted molar refractivity (Wildman–Crippen MR) is 103 cm³/mol. The minimum atomic E-state index is -3.92. The van der Waals surface area contributed by atoms with Gasteiger partial charge in [0.25, 0.3) is 12.6 Å². The van der Waals surface area contributed by atoms with Gasteiger partial charge >= 0.3 is 5.97 Å². The third-order valence-electron chi connectivity index (χ3n) is 3.48. The Labute approximate surface area is 167 Å². The van der Waals surface area contributed by atoms with Gasteiger partial charge in [0.05, 0.1) is 10.1 Å². The maximum absolute atomic E-state index is 11.9. The van der Waals surface area contributed by atoms with E-state index in [2.05, 4.69) is 13.8 Å². The Morgan fingerprint density at radius 1 is 1.32 bits per heavy atom. The van der Waals surface area contributed by atoms with Crippen LogP contribution in [0.25, 0.3) is 0 Å². The van der Waals surface area contributed by atoms with Crippen LogP contribution in [0.3, 0.4) is 0 Å². The second-order valence-electron chi connectivity index (χ2n) is 7.09. The molecule has 1 aromatic heterocycles.